The van der Waals surface area contributed by atoms with Crippen LogP contribution in [0.1, 0.15) is 51.4 Å². The van der Waals surface area contributed by atoms with Crippen LogP contribution < -0.4 is 5.32 Å². The van der Waals surface area contributed by atoms with Crippen LogP contribution >= 0.6 is 0 Å². The molecular formula is C23H36N4O3. The van der Waals surface area contributed by atoms with Crippen LogP contribution in [0.3, 0.4) is 0 Å². The van der Waals surface area contributed by atoms with Crippen LogP contribution in [0.15, 0.2) is 0 Å². The van der Waals surface area contributed by atoms with Gasteiger partial charge in [0, 0.05) is 44.7 Å². The number of carbonyl (C=O) groups excluding carboxylic acids is 3. The highest BCUT2D eigenvalue weighted by atomic mass is 16.2. The van der Waals surface area contributed by atoms with E-state index in [1.165, 1.54) is 19.3 Å². The summed E-state index contributed by atoms with van der Waals surface area (Å²) in [6.07, 6.45) is 9.27. The second-order valence-electron chi connectivity index (χ2n) is 10.6. The molecule has 2 aliphatic heterocycles. The first-order valence-corrected chi connectivity index (χ1v) is 12.1. The number of carbonyl (C=O) groups is 3. The van der Waals surface area contributed by atoms with Gasteiger partial charge in [0.2, 0.25) is 17.7 Å². The molecule has 6 aliphatic rings. The van der Waals surface area contributed by atoms with Gasteiger partial charge in [-0.25, -0.2) is 0 Å². The highest BCUT2D eigenvalue weighted by Gasteiger charge is 2.54. The zero-order valence-corrected chi connectivity index (χ0v) is 18.1. The van der Waals surface area contributed by atoms with Crippen molar-refractivity contribution in [1.82, 2.24) is 20.0 Å². The van der Waals surface area contributed by atoms with Gasteiger partial charge in [-0.05, 0) is 69.1 Å². The number of piperazine rings is 1. The van der Waals surface area contributed by atoms with E-state index >= 15 is 0 Å². The second-order valence-corrected chi connectivity index (χ2v) is 10.6. The third-order valence-corrected chi connectivity index (χ3v) is 8.46. The zero-order chi connectivity index (χ0) is 20.7. The van der Waals surface area contributed by atoms with Gasteiger partial charge in [0.05, 0.1) is 13.1 Å². The Labute approximate surface area is 179 Å². The lowest BCUT2D eigenvalue weighted by atomic mass is 9.49. The number of hydrogen-bond donors (Lipinski definition) is 1. The molecule has 0 aromatic heterocycles. The van der Waals surface area contributed by atoms with E-state index in [1.54, 1.807) is 0 Å². The number of hydrogen-bond acceptors (Lipinski definition) is 4. The Kier molecular flexibility index (Phi) is 5.50. The Morgan fingerprint density at radius 3 is 1.83 bits per heavy atom. The maximum Gasteiger partial charge on any atom is 0.242 e. The monoisotopic (exact) mass is 416 g/mol. The zero-order valence-electron chi connectivity index (χ0n) is 18.1. The standard InChI is InChI=1S/C23H36N4O3/c28-20(27-7-5-25(6-8-27)16-21(29)26-3-1-2-4-26)15-24-22(30)23-12-17-9-18(13-23)11-19(10-17)14-23/h17-19H,1-16H2,(H,24,30). The Morgan fingerprint density at radius 2 is 1.27 bits per heavy atom. The lowest BCUT2D eigenvalue weighted by molar-refractivity contribution is -0.148. The van der Waals surface area contributed by atoms with E-state index in [0.29, 0.717) is 19.6 Å². The van der Waals surface area contributed by atoms with Crippen LogP contribution in [0.25, 0.3) is 0 Å². The summed E-state index contributed by atoms with van der Waals surface area (Å²) in [5.41, 5.74) is -0.191. The van der Waals surface area contributed by atoms with Crippen LogP contribution in [-0.4, -0.2) is 84.8 Å². The van der Waals surface area contributed by atoms with Gasteiger partial charge in [0.15, 0.2) is 0 Å². The minimum Gasteiger partial charge on any atom is -0.347 e. The molecule has 0 radical (unpaired) electrons. The largest absolute Gasteiger partial charge is 0.347 e. The summed E-state index contributed by atoms with van der Waals surface area (Å²) in [6.45, 7) is 5.10. The summed E-state index contributed by atoms with van der Waals surface area (Å²) in [4.78, 5) is 44.0. The van der Waals surface area contributed by atoms with Crippen molar-refractivity contribution in [1.29, 1.82) is 0 Å². The minimum atomic E-state index is -0.191. The first-order valence-electron chi connectivity index (χ1n) is 12.1. The Bertz CT molecular complexity index is 659. The second kappa shape index (κ2) is 8.13. The molecule has 0 aromatic carbocycles. The van der Waals surface area contributed by atoms with Crippen molar-refractivity contribution in [3.05, 3.63) is 0 Å². The molecule has 0 spiro atoms. The van der Waals surface area contributed by atoms with E-state index in [-0.39, 0.29) is 29.7 Å². The Morgan fingerprint density at radius 1 is 0.733 bits per heavy atom. The fourth-order valence-electron chi connectivity index (χ4n) is 7.26. The van der Waals surface area contributed by atoms with E-state index in [1.807, 2.05) is 9.80 Å². The average Bonchev–Trinajstić information content (AvgIpc) is 3.26. The number of nitrogens with one attached hydrogen (secondary N) is 1. The van der Waals surface area contributed by atoms with Gasteiger partial charge in [-0.1, -0.05) is 0 Å². The summed E-state index contributed by atoms with van der Waals surface area (Å²) < 4.78 is 0. The summed E-state index contributed by atoms with van der Waals surface area (Å²) >= 11 is 0. The van der Waals surface area contributed by atoms with Gasteiger partial charge in [-0.2, -0.15) is 0 Å². The van der Waals surface area contributed by atoms with Crippen molar-refractivity contribution < 1.29 is 14.4 Å². The van der Waals surface area contributed by atoms with Crippen molar-refractivity contribution in [3.8, 4) is 0 Å². The lowest BCUT2D eigenvalue weighted by Gasteiger charge is -2.55. The third-order valence-electron chi connectivity index (χ3n) is 8.46. The van der Waals surface area contributed by atoms with Gasteiger partial charge in [-0.3, -0.25) is 19.3 Å². The first kappa shape index (κ1) is 20.3. The molecule has 3 amide bonds. The predicted octanol–water partition coefficient (Wildman–Crippen LogP) is 1.09. The molecule has 166 valence electrons. The van der Waals surface area contributed by atoms with E-state index < -0.39 is 0 Å². The minimum absolute atomic E-state index is 0.0126. The van der Waals surface area contributed by atoms with E-state index in [9.17, 15) is 14.4 Å². The molecule has 1 N–H and O–H groups in total. The molecule has 0 aromatic rings. The number of likely N-dealkylation sites (tertiary alicyclic amines) is 1. The summed E-state index contributed by atoms with van der Waals surface area (Å²) in [5.74, 6) is 2.55. The van der Waals surface area contributed by atoms with E-state index in [0.717, 1.165) is 76.0 Å². The van der Waals surface area contributed by atoms with Gasteiger partial charge < -0.3 is 15.1 Å². The molecule has 4 bridgehead atoms. The quantitative estimate of drug-likeness (QED) is 0.728. The normalized spacial score (nSPS) is 35.7. The van der Waals surface area contributed by atoms with Crippen LogP contribution in [0.4, 0.5) is 0 Å². The SMILES string of the molecule is O=C(CNC(=O)C12CC3CC(CC(C3)C1)C2)N1CCN(CC(=O)N2CCCC2)CC1. The first-order chi connectivity index (χ1) is 14.5. The van der Waals surface area contributed by atoms with Crippen LogP contribution in [0.5, 0.6) is 0 Å². The molecule has 0 unspecified atom stereocenters. The molecule has 30 heavy (non-hydrogen) atoms. The Hall–Kier alpha value is -1.63. The maximum absolute atomic E-state index is 13.1. The average molecular weight is 417 g/mol. The number of rotatable bonds is 5. The van der Waals surface area contributed by atoms with Crippen LogP contribution in [-0.2, 0) is 14.4 Å². The van der Waals surface area contributed by atoms with E-state index in [4.69, 9.17) is 0 Å². The van der Waals surface area contributed by atoms with Gasteiger partial charge in [0.25, 0.3) is 0 Å². The molecule has 2 heterocycles. The van der Waals surface area contributed by atoms with Crippen LogP contribution in [0.2, 0.25) is 0 Å². The molecule has 6 rings (SSSR count). The third kappa shape index (κ3) is 3.97. The van der Waals surface area contributed by atoms with Crippen molar-refractivity contribution in [2.75, 3.05) is 52.4 Å². The molecule has 4 saturated carbocycles. The highest BCUT2D eigenvalue weighted by molar-refractivity contribution is 5.88. The van der Waals surface area contributed by atoms with Gasteiger partial charge in [-0.15, -0.1) is 0 Å². The number of nitrogens with zero attached hydrogens (tertiary/aromatic N) is 3. The number of amides is 3. The molecule has 7 heteroatoms. The molecule has 6 fully saturated rings. The van der Waals surface area contributed by atoms with Gasteiger partial charge in [0.1, 0.15) is 0 Å². The van der Waals surface area contributed by atoms with Crippen molar-refractivity contribution >= 4 is 17.7 Å². The van der Waals surface area contributed by atoms with Crippen molar-refractivity contribution in [2.45, 2.75) is 51.4 Å². The fraction of sp³-hybridized carbons (Fsp3) is 0.870. The summed E-state index contributed by atoms with van der Waals surface area (Å²) in [5, 5.41) is 3.01. The molecule has 4 aliphatic carbocycles. The molecule has 7 nitrogen and oxygen atoms in total. The fourth-order valence-corrected chi connectivity index (χ4v) is 7.26. The predicted molar refractivity (Wildman–Crippen MR) is 112 cm³/mol. The smallest absolute Gasteiger partial charge is 0.242 e. The summed E-state index contributed by atoms with van der Waals surface area (Å²) in [7, 11) is 0. The van der Waals surface area contributed by atoms with Gasteiger partial charge >= 0.3 is 0 Å². The van der Waals surface area contributed by atoms with Crippen molar-refractivity contribution in [3.63, 3.8) is 0 Å². The lowest BCUT2D eigenvalue weighted by Crippen LogP contribution is -2.56. The highest BCUT2D eigenvalue weighted by Crippen LogP contribution is 2.60. The van der Waals surface area contributed by atoms with E-state index in [2.05, 4.69) is 10.2 Å². The molecule has 2 saturated heterocycles. The Balaban J connectivity index is 1.06. The summed E-state index contributed by atoms with van der Waals surface area (Å²) in [6, 6.07) is 0. The molecule has 0 atom stereocenters. The van der Waals surface area contributed by atoms with Crippen molar-refractivity contribution in [2.24, 2.45) is 23.2 Å². The topological polar surface area (TPSA) is 73.0 Å². The van der Waals surface area contributed by atoms with Crippen LogP contribution in [0, 0.1) is 23.2 Å². The maximum atomic E-state index is 13.1. The molecular weight excluding hydrogens is 380 g/mol.